The number of carboxylic acids is 1. The molecule has 0 fully saturated rings. The van der Waals surface area contributed by atoms with Gasteiger partial charge in [-0.2, -0.15) is 0 Å². The van der Waals surface area contributed by atoms with Crippen LogP contribution in [0.1, 0.15) is 40.5 Å². The summed E-state index contributed by atoms with van der Waals surface area (Å²) < 4.78 is 5.55. The Kier molecular flexibility index (Phi) is 5.29. The molecule has 1 aromatic carbocycles. The first-order valence-corrected chi connectivity index (χ1v) is 9.54. The Hall–Kier alpha value is -1.62. The topological polar surface area (TPSA) is 63.6 Å². The molecule has 4 nitrogen and oxygen atoms in total. The Morgan fingerprint density at radius 3 is 2.32 bits per heavy atom. The summed E-state index contributed by atoms with van der Waals surface area (Å²) in [6, 6.07) is 7.05. The van der Waals surface area contributed by atoms with Crippen LogP contribution in [-0.2, 0) is 4.43 Å². The largest absolute Gasteiger partial charge is 0.516 e. The molecule has 104 valence electrons. The predicted molar refractivity (Wildman–Crippen MR) is 76.0 cm³/mol. The number of aromatic carboxylic acids is 1. The molecule has 0 amide bonds. The van der Waals surface area contributed by atoms with Crippen molar-refractivity contribution in [2.24, 2.45) is 0 Å². The monoisotopic (exact) mass is 280 g/mol. The van der Waals surface area contributed by atoms with Gasteiger partial charge in [0.2, 0.25) is 8.32 Å². The van der Waals surface area contributed by atoms with E-state index in [1.54, 1.807) is 12.1 Å². The molecule has 0 radical (unpaired) electrons. The number of hydrogen-bond donors (Lipinski definition) is 1. The van der Waals surface area contributed by atoms with Gasteiger partial charge in [0.05, 0.1) is 11.1 Å². The van der Waals surface area contributed by atoms with Crippen LogP contribution in [0.3, 0.4) is 0 Å². The lowest BCUT2D eigenvalue weighted by Crippen LogP contribution is -2.33. The maximum atomic E-state index is 12.1. The molecule has 19 heavy (non-hydrogen) atoms. The van der Waals surface area contributed by atoms with E-state index in [4.69, 9.17) is 9.53 Å². The zero-order valence-corrected chi connectivity index (χ0v) is 12.6. The minimum Gasteiger partial charge on any atom is -0.516 e. The molecule has 5 heteroatoms. The molecule has 0 heterocycles. The number of rotatable bonds is 6. The van der Waals surface area contributed by atoms with Gasteiger partial charge in [0, 0.05) is 0 Å². The molecule has 1 N–H and O–H groups in total. The third kappa shape index (κ3) is 4.52. The number of carboxylic acid groups (broad SMARTS) is 1. The highest BCUT2D eigenvalue weighted by Crippen LogP contribution is 2.19. The average Bonchev–Trinajstić information content (AvgIpc) is 2.36. The van der Waals surface area contributed by atoms with Crippen molar-refractivity contribution in [2.75, 3.05) is 0 Å². The zero-order chi connectivity index (χ0) is 14.5. The van der Waals surface area contributed by atoms with Gasteiger partial charge in [-0.1, -0.05) is 31.9 Å². The predicted octanol–water partition coefficient (Wildman–Crippen LogP) is 3.55. The standard InChI is InChI=1S/C14H20O4Si/c1-4-5-10-19(2,3)18-14(17)12-9-7-6-8-11(12)13(15)16/h6-9H,4-5,10H2,1-3H3,(H,15,16). The van der Waals surface area contributed by atoms with Gasteiger partial charge in [0.25, 0.3) is 0 Å². The van der Waals surface area contributed by atoms with Gasteiger partial charge < -0.3 is 9.53 Å². The van der Waals surface area contributed by atoms with Gasteiger partial charge in [-0.15, -0.1) is 0 Å². The second-order valence-corrected chi connectivity index (χ2v) is 9.33. The van der Waals surface area contributed by atoms with Gasteiger partial charge in [0.15, 0.2) is 0 Å². The summed E-state index contributed by atoms with van der Waals surface area (Å²) in [5.74, 6) is -1.63. The Morgan fingerprint density at radius 1 is 1.21 bits per heavy atom. The van der Waals surface area contributed by atoms with Crippen LogP contribution in [0.25, 0.3) is 0 Å². The Bertz CT molecular complexity index is 468. The van der Waals surface area contributed by atoms with Crippen molar-refractivity contribution < 1.29 is 19.1 Å². The minimum atomic E-state index is -2.07. The van der Waals surface area contributed by atoms with E-state index >= 15 is 0 Å². The van der Waals surface area contributed by atoms with Crippen LogP contribution < -0.4 is 0 Å². The van der Waals surface area contributed by atoms with Crippen LogP contribution in [0.5, 0.6) is 0 Å². The molecule has 1 rings (SSSR count). The van der Waals surface area contributed by atoms with Crippen LogP contribution in [0, 0.1) is 0 Å². The minimum absolute atomic E-state index is 0.00667. The van der Waals surface area contributed by atoms with E-state index in [1.807, 2.05) is 13.1 Å². The zero-order valence-electron chi connectivity index (χ0n) is 11.6. The maximum Gasteiger partial charge on any atom is 0.336 e. The van der Waals surface area contributed by atoms with Crippen LogP contribution in [0.4, 0.5) is 0 Å². The molecule has 0 aromatic heterocycles. The Labute approximate surface area is 114 Å². The fourth-order valence-corrected chi connectivity index (χ4v) is 3.73. The van der Waals surface area contributed by atoms with Crippen molar-refractivity contribution in [3.05, 3.63) is 35.4 Å². The molecule has 0 aliphatic carbocycles. The van der Waals surface area contributed by atoms with Gasteiger partial charge in [-0.25, -0.2) is 9.59 Å². The third-order valence-electron chi connectivity index (χ3n) is 2.88. The number of carbonyl (C=O) groups excluding carboxylic acids is 1. The maximum absolute atomic E-state index is 12.1. The smallest absolute Gasteiger partial charge is 0.336 e. The van der Waals surface area contributed by atoms with Gasteiger partial charge in [-0.05, 0) is 31.3 Å². The number of carbonyl (C=O) groups is 2. The molecule has 0 aliphatic heterocycles. The second kappa shape index (κ2) is 6.52. The summed E-state index contributed by atoms with van der Waals surface area (Å²) in [7, 11) is -2.07. The normalized spacial score (nSPS) is 11.1. The molecule has 0 bridgehead atoms. The van der Waals surface area contributed by atoms with Crippen molar-refractivity contribution in [3.8, 4) is 0 Å². The van der Waals surface area contributed by atoms with Crippen LogP contribution in [0.15, 0.2) is 24.3 Å². The summed E-state index contributed by atoms with van der Waals surface area (Å²) in [6.45, 7) is 6.04. The summed E-state index contributed by atoms with van der Waals surface area (Å²) in [6.07, 6.45) is 2.08. The van der Waals surface area contributed by atoms with Gasteiger partial charge in [0.1, 0.15) is 0 Å². The summed E-state index contributed by atoms with van der Waals surface area (Å²) in [4.78, 5) is 23.2. The summed E-state index contributed by atoms with van der Waals surface area (Å²) in [5, 5.41) is 9.06. The number of benzene rings is 1. The van der Waals surface area contributed by atoms with E-state index in [9.17, 15) is 9.59 Å². The molecule has 0 aliphatic rings. The van der Waals surface area contributed by atoms with Crippen molar-refractivity contribution in [1.29, 1.82) is 0 Å². The molecule has 0 unspecified atom stereocenters. The van der Waals surface area contributed by atoms with Crippen molar-refractivity contribution in [3.63, 3.8) is 0 Å². The highest BCUT2D eigenvalue weighted by Gasteiger charge is 2.28. The van der Waals surface area contributed by atoms with Crippen molar-refractivity contribution >= 4 is 20.3 Å². The van der Waals surface area contributed by atoms with E-state index in [0.717, 1.165) is 18.9 Å². The highest BCUT2D eigenvalue weighted by molar-refractivity contribution is 6.72. The quantitative estimate of drug-likeness (QED) is 0.809. The van der Waals surface area contributed by atoms with Crippen LogP contribution in [-0.4, -0.2) is 25.4 Å². The molecule has 1 aromatic rings. The molecule has 0 atom stereocenters. The van der Waals surface area contributed by atoms with E-state index in [1.165, 1.54) is 12.1 Å². The molecule has 0 saturated carbocycles. The molecular formula is C14H20O4Si. The first-order valence-electron chi connectivity index (χ1n) is 6.43. The molecular weight excluding hydrogens is 260 g/mol. The SMILES string of the molecule is CCCC[Si](C)(C)OC(=O)c1ccccc1C(=O)O. The lowest BCUT2D eigenvalue weighted by Gasteiger charge is -2.22. The van der Waals surface area contributed by atoms with E-state index in [0.29, 0.717) is 0 Å². The van der Waals surface area contributed by atoms with E-state index in [-0.39, 0.29) is 11.1 Å². The Balaban J connectivity index is 2.87. The van der Waals surface area contributed by atoms with E-state index < -0.39 is 20.3 Å². The average molecular weight is 280 g/mol. The first-order chi connectivity index (χ1) is 8.87. The van der Waals surface area contributed by atoms with E-state index in [2.05, 4.69) is 6.92 Å². The highest BCUT2D eigenvalue weighted by atomic mass is 28.4. The first kappa shape index (κ1) is 15.4. The summed E-state index contributed by atoms with van der Waals surface area (Å²) >= 11 is 0. The number of unbranched alkanes of at least 4 members (excludes halogenated alkanes) is 1. The van der Waals surface area contributed by atoms with Gasteiger partial charge >= 0.3 is 11.9 Å². The lowest BCUT2D eigenvalue weighted by molar-refractivity contribution is 0.0663. The van der Waals surface area contributed by atoms with Gasteiger partial charge in [-0.3, -0.25) is 0 Å². The third-order valence-corrected chi connectivity index (χ3v) is 5.17. The summed E-state index contributed by atoms with van der Waals surface area (Å²) in [5.41, 5.74) is 0.125. The second-order valence-electron chi connectivity index (χ2n) is 5.10. The lowest BCUT2D eigenvalue weighted by atomic mass is 10.1. The van der Waals surface area contributed by atoms with Crippen LogP contribution >= 0.6 is 0 Å². The van der Waals surface area contributed by atoms with Crippen molar-refractivity contribution in [1.82, 2.24) is 0 Å². The fourth-order valence-electron chi connectivity index (χ4n) is 1.81. The molecule has 0 spiro atoms. The Morgan fingerprint density at radius 2 is 1.79 bits per heavy atom. The fraction of sp³-hybridized carbons (Fsp3) is 0.429. The molecule has 0 saturated heterocycles. The van der Waals surface area contributed by atoms with Crippen molar-refractivity contribution in [2.45, 2.75) is 38.9 Å². The number of hydrogen-bond acceptors (Lipinski definition) is 3. The van der Waals surface area contributed by atoms with Crippen LogP contribution in [0.2, 0.25) is 19.1 Å².